The molecular weight excluding hydrogens is 418 g/mol. The third kappa shape index (κ3) is 6.07. The molecule has 2 amide bonds. The van der Waals surface area contributed by atoms with Crippen LogP contribution in [0.3, 0.4) is 0 Å². The zero-order valence-electron chi connectivity index (χ0n) is 19.3. The Morgan fingerprint density at radius 3 is 2.58 bits per heavy atom. The Bertz CT molecular complexity index is 913. The lowest BCUT2D eigenvalue weighted by atomic mass is 9.89. The van der Waals surface area contributed by atoms with Crippen LogP contribution >= 0.6 is 0 Å². The molecule has 0 unspecified atom stereocenters. The van der Waals surface area contributed by atoms with Crippen LogP contribution in [0.1, 0.15) is 44.1 Å². The summed E-state index contributed by atoms with van der Waals surface area (Å²) < 4.78 is 5.30. The predicted octanol–water partition coefficient (Wildman–Crippen LogP) is 3.07. The molecule has 1 aromatic carbocycles. The van der Waals surface area contributed by atoms with E-state index in [-0.39, 0.29) is 17.7 Å². The SMILES string of the molecule is CCOCCC(=O)N1CCC(c2ccc(NC(=O)[C@H]3CCN(c4cccnn4)C3)cc2)CC1. The Labute approximate surface area is 195 Å². The highest BCUT2D eigenvalue weighted by atomic mass is 16.5. The number of nitrogens with zero attached hydrogens (tertiary/aromatic N) is 4. The molecule has 33 heavy (non-hydrogen) atoms. The molecule has 2 saturated heterocycles. The standard InChI is InChI=1S/C25H33N5O3/c1-2-33-17-12-24(31)29-14-9-20(10-15-29)19-5-7-22(8-6-19)27-25(32)21-11-16-30(18-21)23-4-3-13-26-28-23/h3-8,13,20-21H,2,9-12,14-18H2,1H3,(H,27,32)/t21-/m0/s1. The molecule has 0 spiro atoms. The minimum atomic E-state index is -0.0590. The van der Waals surface area contributed by atoms with Gasteiger partial charge in [0.1, 0.15) is 0 Å². The summed E-state index contributed by atoms with van der Waals surface area (Å²) in [5.41, 5.74) is 2.09. The fourth-order valence-electron chi connectivity index (χ4n) is 4.65. The van der Waals surface area contributed by atoms with Crippen molar-refractivity contribution >= 4 is 23.3 Å². The van der Waals surface area contributed by atoms with Crippen molar-refractivity contribution in [3.05, 3.63) is 48.2 Å². The van der Waals surface area contributed by atoms with Gasteiger partial charge >= 0.3 is 0 Å². The van der Waals surface area contributed by atoms with Crippen LogP contribution in [0.2, 0.25) is 0 Å². The van der Waals surface area contributed by atoms with Crippen LogP contribution in [-0.4, -0.2) is 66.3 Å². The molecule has 8 nitrogen and oxygen atoms in total. The molecule has 0 radical (unpaired) electrons. The quantitative estimate of drug-likeness (QED) is 0.621. The number of hydrogen-bond acceptors (Lipinski definition) is 6. The van der Waals surface area contributed by atoms with E-state index in [4.69, 9.17) is 4.74 Å². The zero-order valence-corrected chi connectivity index (χ0v) is 19.3. The van der Waals surface area contributed by atoms with Crippen molar-refractivity contribution in [2.45, 2.75) is 38.5 Å². The molecule has 8 heteroatoms. The third-order valence-electron chi connectivity index (χ3n) is 6.60. The maximum atomic E-state index is 12.8. The van der Waals surface area contributed by atoms with Gasteiger partial charge in [-0.3, -0.25) is 9.59 Å². The average Bonchev–Trinajstić information content (AvgIpc) is 3.36. The molecule has 2 aliphatic heterocycles. The minimum absolute atomic E-state index is 0.0491. The van der Waals surface area contributed by atoms with E-state index in [1.165, 1.54) is 5.56 Å². The van der Waals surface area contributed by atoms with Crippen molar-refractivity contribution in [1.29, 1.82) is 0 Å². The van der Waals surface area contributed by atoms with E-state index in [0.29, 0.717) is 32.1 Å². The topological polar surface area (TPSA) is 87.7 Å². The summed E-state index contributed by atoms with van der Waals surface area (Å²) in [6.45, 7) is 6.13. The highest BCUT2D eigenvalue weighted by Crippen LogP contribution is 2.29. The molecular formula is C25H33N5O3. The first-order valence-corrected chi connectivity index (χ1v) is 11.9. The second-order valence-electron chi connectivity index (χ2n) is 8.73. The molecule has 3 heterocycles. The maximum Gasteiger partial charge on any atom is 0.229 e. The molecule has 0 aliphatic carbocycles. The molecule has 4 rings (SSSR count). The van der Waals surface area contributed by atoms with Crippen molar-refractivity contribution in [2.24, 2.45) is 5.92 Å². The first kappa shape index (κ1) is 23.2. The van der Waals surface area contributed by atoms with E-state index in [0.717, 1.165) is 50.4 Å². The van der Waals surface area contributed by atoms with Gasteiger partial charge in [0.25, 0.3) is 0 Å². The van der Waals surface area contributed by atoms with Gasteiger partial charge < -0.3 is 19.9 Å². The van der Waals surface area contributed by atoms with Crippen LogP contribution in [0.25, 0.3) is 0 Å². The van der Waals surface area contributed by atoms with Gasteiger partial charge in [-0.25, -0.2) is 0 Å². The van der Waals surface area contributed by atoms with E-state index < -0.39 is 0 Å². The molecule has 2 fully saturated rings. The number of carbonyl (C=O) groups is 2. The van der Waals surface area contributed by atoms with Gasteiger partial charge in [-0.2, -0.15) is 5.10 Å². The van der Waals surface area contributed by atoms with Gasteiger partial charge in [0.05, 0.1) is 18.9 Å². The van der Waals surface area contributed by atoms with Crippen LogP contribution in [0.5, 0.6) is 0 Å². The molecule has 1 aromatic heterocycles. The number of hydrogen-bond donors (Lipinski definition) is 1. The second kappa shape index (κ2) is 11.2. The molecule has 0 bridgehead atoms. The predicted molar refractivity (Wildman–Crippen MR) is 127 cm³/mol. The van der Waals surface area contributed by atoms with Gasteiger partial charge in [0.2, 0.25) is 11.8 Å². The number of aromatic nitrogens is 2. The van der Waals surface area contributed by atoms with Crippen LogP contribution in [0.15, 0.2) is 42.6 Å². The summed E-state index contributed by atoms with van der Waals surface area (Å²) in [6.07, 6.45) is 4.85. The lowest BCUT2D eigenvalue weighted by Crippen LogP contribution is -2.38. The highest BCUT2D eigenvalue weighted by Gasteiger charge is 2.29. The van der Waals surface area contributed by atoms with Crippen molar-refractivity contribution < 1.29 is 14.3 Å². The van der Waals surface area contributed by atoms with Gasteiger partial charge in [-0.1, -0.05) is 12.1 Å². The van der Waals surface area contributed by atoms with Crippen LogP contribution in [0, 0.1) is 5.92 Å². The Hall–Kier alpha value is -3.00. The molecule has 1 N–H and O–H groups in total. The average molecular weight is 452 g/mol. The lowest BCUT2D eigenvalue weighted by molar-refractivity contribution is -0.133. The van der Waals surface area contributed by atoms with Gasteiger partial charge in [-0.05, 0) is 61.9 Å². The van der Waals surface area contributed by atoms with E-state index in [1.54, 1.807) is 6.20 Å². The number of ether oxygens (including phenoxy) is 1. The summed E-state index contributed by atoms with van der Waals surface area (Å²) >= 11 is 0. The van der Waals surface area contributed by atoms with Crippen molar-refractivity contribution in [3.63, 3.8) is 0 Å². The van der Waals surface area contributed by atoms with Crippen LogP contribution in [0.4, 0.5) is 11.5 Å². The largest absolute Gasteiger partial charge is 0.381 e. The van der Waals surface area contributed by atoms with Gasteiger partial charge in [0, 0.05) is 44.7 Å². The maximum absolute atomic E-state index is 12.8. The number of rotatable bonds is 8. The van der Waals surface area contributed by atoms with E-state index >= 15 is 0 Å². The smallest absolute Gasteiger partial charge is 0.229 e. The minimum Gasteiger partial charge on any atom is -0.381 e. The Balaban J connectivity index is 1.24. The number of amides is 2. The molecule has 0 saturated carbocycles. The van der Waals surface area contributed by atoms with E-state index in [9.17, 15) is 9.59 Å². The number of piperidine rings is 1. The Morgan fingerprint density at radius 1 is 1.09 bits per heavy atom. The highest BCUT2D eigenvalue weighted by molar-refractivity contribution is 5.93. The first-order valence-electron chi connectivity index (χ1n) is 11.9. The first-order chi connectivity index (χ1) is 16.1. The Morgan fingerprint density at radius 2 is 1.88 bits per heavy atom. The van der Waals surface area contributed by atoms with Gasteiger partial charge in [-0.15, -0.1) is 5.10 Å². The van der Waals surface area contributed by atoms with E-state index in [1.807, 2.05) is 36.1 Å². The normalized spacial score (nSPS) is 19.0. The van der Waals surface area contributed by atoms with Crippen LogP contribution in [-0.2, 0) is 14.3 Å². The van der Waals surface area contributed by atoms with Crippen molar-refractivity contribution in [3.8, 4) is 0 Å². The summed E-state index contributed by atoms with van der Waals surface area (Å²) in [7, 11) is 0. The van der Waals surface area contributed by atoms with E-state index in [2.05, 4.69) is 32.5 Å². The summed E-state index contributed by atoms with van der Waals surface area (Å²) in [5, 5.41) is 11.1. The molecule has 2 aliphatic rings. The van der Waals surface area contributed by atoms with Crippen molar-refractivity contribution in [1.82, 2.24) is 15.1 Å². The second-order valence-corrected chi connectivity index (χ2v) is 8.73. The molecule has 2 aromatic rings. The summed E-state index contributed by atoms with van der Waals surface area (Å²) in [6, 6.07) is 12.0. The summed E-state index contributed by atoms with van der Waals surface area (Å²) in [5.74, 6) is 1.44. The zero-order chi connectivity index (χ0) is 23.0. The summed E-state index contributed by atoms with van der Waals surface area (Å²) in [4.78, 5) is 29.1. The molecule has 176 valence electrons. The number of likely N-dealkylation sites (tertiary alicyclic amines) is 1. The molecule has 1 atom stereocenters. The monoisotopic (exact) mass is 451 g/mol. The fourth-order valence-corrected chi connectivity index (χ4v) is 4.65. The number of nitrogens with one attached hydrogen (secondary N) is 1. The van der Waals surface area contributed by atoms with Crippen LogP contribution < -0.4 is 10.2 Å². The Kier molecular flexibility index (Phi) is 7.88. The third-order valence-corrected chi connectivity index (χ3v) is 6.60. The fraction of sp³-hybridized carbons (Fsp3) is 0.520. The number of anilines is 2. The lowest BCUT2D eigenvalue weighted by Gasteiger charge is -2.32. The van der Waals surface area contributed by atoms with Gasteiger partial charge in [0.15, 0.2) is 5.82 Å². The number of carbonyl (C=O) groups excluding carboxylic acids is 2. The number of benzene rings is 1. The van der Waals surface area contributed by atoms with Crippen molar-refractivity contribution in [2.75, 3.05) is 49.6 Å².